The minimum atomic E-state index is 0.513. The monoisotopic (exact) mass is 267 g/mol. The topological polar surface area (TPSA) is 36.4 Å². The molecule has 18 heavy (non-hydrogen) atoms. The van der Waals surface area contributed by atoms with Crippen molar-refractivity contribution in [3.63, 3.8) is 0 Å². The van der Waals surface area contributed by atoms with E-state index in [1.54, 1.807) is 11.3 Å². The van der Waals surface area contributed by atoms with Gasteiger partial charge in [0.15, 0.2) is 5.96 Å². The van der Waals surface area contributed by atoms with Crippen LogP contribution in [0.3, 0.4) is 0 Å². The van der Waals surface area contributed by atoms with Crippen LogP contribution in [0.25, 0.3) is 0 Å². The Bertz CT molecular complexity index is 344. The number of nitrogens with one attached hydrogen (secondary N) is 2. The highest BCUT2D eigenvalue weighted by Crippen LogP contribution is 2.16. The van der Waals surface area contributed by atoms with Gasteiger partial charge in [-0.1, -0.05) is 20.8 Å². The van der Waals surface area contributed by atoms with E-state index in [0.29, 0.717) is 11.8 Å². The Morgan fingerprint density at radius 1 is 1.33 bits per heavy atom. The zero-order chi connectivity index (χ0) is 13.4. The SMILES string of the molecule is CCNC(=NCC(C)C)NCC(C)c1ccsc1. The molecule has 1 atom stereocenters. The summed E-state index contributed by atoms with van der Waals surface area (Å²) in [5, 5.41) is 11.0. The molecule has 1 heterocycles. The molecule has 2 N–H and O–H groups in total. The van der Waals surface area contributed by atoms with Gasteiger partial charge in [-0.3, -0.25) is 4.99 Å². The van der Waals surface area contributed by atoms with Crippen molar-refractivity contribution >= 4 is 17.3 Å². The highest BCUT2D eigenvalue weighted by molar-refractivity contribution is 7.07. The van der Waals surface area contributed by atoms with Crippen LogP contribution in [0.2, 0.25) is 0 Å². The van der Waals surface area contributed by atoms with Gasteiger partial charge in [-0.2, -0.15) is 11.3 Å². The lowest BCUT2D eigenvalue weighted by molar-refractivity contribution is 0.649. The van der Waals surface area contributed by atoms with Crippen LogP contribution in [0.1, 0.15) is 39.2 Å². The van der Waals surface area contributed by atoms with Gasteiger partial charge in [0.25, 0.3) is 0 Å². The molecule has 4 heteroatoms. The zero-order valence-electron chi connectivity index (χ0n) is 11.9. The second kappa shape index (κ2) is 8.14. The van der Waals surface area contributed by atoms with E-state index in [9.17, 15) is 0 Å². The number of hydrogen-bond donors (Lipinski definition) is 2. The van der Waals surface area contributed by atoms with E-state index in [4.69, 9.17) is 0 Å². The summed E-state index contributed by atoms with van der Waals surface area (Å²) in [6.07, 6.45) is 0. The van der Waals surface area contributed by atoms with Crippen LogP contribution < -0.4 is 10.6 Å². The van der Waals surface area contributed by atoms with E-state index in [1.165, 1.54) is 5.56 Å². The molecule has 0 aliphatic heterocycles. The van der Waals surface area contributed by atoms with Crippen molar-refractivity contribution < 1.29 is 0 Å². The molecule has 0 aliphatic rings. The lowest BCUT2D eigenvalue weighted by Gasteiger charge is -2.15. The lowest BCUT2D eigenvalue weighted by atomic mass is 10.1. The first kappa shape index (κ1) is 15.0. The van der Waals surface area contributed by atoms with Crippen molar-refractivity contribution in [2.75, 3.05) is 19.6 Å². The zero-order valence-corrected chi connectivity index (χ0v) is 12.7. The van der Waals surface area contributed by atoms with Crippen LogP contribution in [0.4, 0.5) is 0 Å². The van der Waals surface area contributed by atoms with Gasteiger partial charge in [-0.05, 0) is 41.1 Å². The number of hydrogen-bond acceptors (Lipinski definition) is 2. The van der Waals surface area contributed by atoms with E-state index < -0.39 is 0 Å². The molecule has 102 valence electrons. The van der Waals surface area contributed by atoms with Gasteiger partial charge in [0.1, 0.15) is 0 Å². The standard InChI is InChI=1S/C14H25N3S/c1-5-15-14(16-8-11(2)3)17-9-12(4)13-6-7-18-10-13/h6-7,10-12H,5,8-9H2,1-4H3,(H2,15,16,17). The Kier molecular flexibility index (Phi) is 6.80. The van der Waals surface area contributed by atoms with Crippen molar-refractivity contribution in [3.8, 4) is 0 Å². The predicted octanol–water partition coefficient (Wildman–Crippen LogP) is 3.06. The first-order valence-electron chi connectivity index (χ1n) is 6.67. The van der Waals surface area contributed by atoms with Crippen molar-refractivity contribution in [1.82, 2.24) is 10.6 Å². The summed E-state index contributed by atoms with van der Waals surface area (Å²) in [7, 11) is 0. The number of thiophene rings is 1. The summed E-state index contributed by atoms with van der Waals surface area (Å²) < 4.78 is 0. The van der Waals surface area contributed by atoms with E-state index in [2.05, 4.69) is 60.1 Å². The second-order valence-electron chi connectivity index (χ2n) is 4.95. The van der Waals surface area contributed by atoms with Crippen LogP contribution in [0.15, 0.2) is 21.8 Å². The fourth-order valence-corrected chi connectivity index (χ4v) is 2.32. The summed E-state index contributed by atoms with van der Waals surface area (Å²) in [5.74, 6) is 2.03. The Hall–Kier alpha value is -1.03. The molecule has 0 spiro atoms. The lowest BCUT2D eigenvalue weighted by Crippen LogP contribution is -2.39. The molecule has 3 nitrogen and oxygen atoms in total. The van der Waals surface area contributed by atoms with Crippen LogP contribution in [0, 0.1) is 5.92 Å². The van der Waals surface area contributed by atoms with E-state index in [1.807, 2.05) is 0 Å². The van der Waals surface area contributed by atoms with Gasteiger partial charge in [0.05, 0.1) is 0 Å². The van der Waals surface area contributed by atoms with Crippen LogP contribution in [-0.2, 0) is 0 Å². The third kappa shape index (κ3) is 5.54. The largest absolute Gasteiger partial charge is 0.357 e. The molecule has 0 aromatic carbocycles. The average molecular weight is 267 g/mol. The summed E-state index contributed by atoms with van der Waals surface area (Å²) in [4.78, 5) is 4.56. The van der Waals surface area contributed by atoms with Gasteiger partial charge in [0.2, 0.25) is 0 Å². The maximum absolute atomic E-state index is 4.56. The van der Waals surface area contributed by atoms with Crippen molar-refractivity contribution in [2.24, 2.45) is 10.9 Å². The molecule has 0 aliphatic carbocycles. The summed E-state index contributed by atoms with van der Waals surface area (Å²) in [6.45, 7) is 11.4. The van der Waals surface area contributed by atoms with Gasteiger partial charge >= 0.3 is 0 Å². The third-order valence-corrected chi connectivity index (χ3v) is 3.35. The number of aliphatic imine (C=N–C) groups is 1. The van der Waals surface area contributed by atoms with Crippen LogP contribution in [-0.4, -0.2) is 25.6 Å². The minimum Gasteiger partial charge on any atom is -0.357 e. The van der Waals surface area contributed by atoms with Crippen LogP contribution in [0.5, 0.6) is 0 Å². The highest BCUT2D eigenvalue weighted by atomic mass is 32.1. The van der Waals surface area contributed by atoms with Crippen LogP contribution >= 0.6 is 11.3 Å². The number of rotatable bonds is 6. The Morgan fingerprint density at radius 2 is 2.11 bits per heavy atom. The van der Waals surface area contributed by atoms with E-state index >= 15 is 0 Å². The highest BCUT2D eigenvalue weighted by Gasteiger charge is 2.06. The van der Waals surface area contributed by atoms with Gasteiger partial charge < -0.3 is 10.6 Å². The number of guanidine groups is 1. The summed E-state index contributed by atoms with van der Waals surface area (Å²) >= 11 is 1.75. The first-order valence-corrected chi connectivity index (χ1v) is 7.62. The van der Waals surface area contributed by atoms with Crippen molar-refractivity contribution in [2.45, 2.75) is 33.6 Å². The molecule has 1 rings (SSSR count). The van der Waals surface area contributed by atoms with Gasteiger partial charge in [-0.25, -0.2) is 0 Å². The Labute approximate surface area is 115 Å². The smallest absolute Gasteiger partial charge is 0.191 e. The van der Waals surface area contributed by atoms with Crippen molar-refractivity contribution in [1.29, 1.82) is 0 Å². The molecular weight excluding hydrogens is 242 g/mol. The second-order valence-corrected chi connectivity index (χ2v) is 5.73. The predicted molar refractivity (Wildman–Crippen MR) is 81.6 cm³/mol. The maximum atomic E-state index is 4.56. The summed E-state index contributed by atoms with van der Waals surface area (Å²) in [6, 6.07) is 2.19. The molecule has 1 unspecified atom stereocenters. The fourth-order valence-electron chi connectivity index (χ4n) is 1.54. The molecule has 1 aromatic heterocycles. The minimum absolute atomic E-state index is 0.513. The third-order valence-electron chi connectivity index (χ3n) is 2.65. The molecule has 0 bridgehead atoms. The molecule has 1 aromatic rings. The quantitative estimate of drug-likeness (QED) is 0.614. The normalized spacial score (nSPS) is 13.7. The summed E-state index contributed by atoms with van der Waals surface area (Å²) in [5.41, 5.74) is 1.40. The van der Waals surface area contributed by atoms with Gasteiger partial charge in [-0.15, -0.1) is 0 Å². The molecule has 0 saturated carbocycles. The van der Waals surface area contributed by atoms with E-state index in [-0.39, 0.29) is 0 Å². The number of nitrogens with zero attached hydrogens (tertiary/aromatic N) is 1. The fraction of sp³-hybridized carbons (Fsp3) is 0.643. The van der Waals surface area contributed by atoms with Crippen molar-refractivity contribution in [3.05, 3.63) is 22.4 Å². The molecular formula is C14H25N3S. The Balaban J connectivity index is 2.44. The average Bonchev–Trinajstić information content (AvgIpc) is 2.86. The first-order chi connectivity index (χ1) is 8.63. The molecule has 0 radical (unpaired) electrons. The molecule has 0 saturated heterocycles. The maximum Gasteiger partial charge on any atom is 0.191 e. The Morgan fingerprint density at radius 3 is 2.67 bits per heavy atom. The van der Waals surface area contributed by atoms with E-state index in [0.717, 1.165) is 25.6 Å². The molecule has 0 fully saturated rings. The van der Waals surface area contributed by atoms with Gasteiger partial charge in [0, 0.05) is 19.6 Å². The molecule has 0 amide bonds.